The van der Waals surface area contributed by atoms with Crippen molar-refractivity contribution in [1.82, 2.24) is 5.32 Å². The maximum atomic E-state index is 12.0. The first-order valence-corrected chi connectivity index (χ1v) is 8.35. The highest BCUT2D eigenvalue weighted by Crippen LogP contribution is 2.32. The van der Waals surface area contributed by atoms with Crippen molar-refractivity contribution in [1.29, 1.82) is 0 Å². The Hall–Kier alpha value is -3.22. The molecule has 0 unspecified atom stereocenters. The highest BCUT2D eigenvalue weighted by atomic mass is 16.6. The number of carbonyl (C=O) groups is 2. The van der Waals surface area contributed by atoms with Crippen LogP contribution in [0.15, 0.2) is 48.5 Å². The molecule has 136 valence electrons. The molecule has 2 aromatic rings. The van der Waals surface area contributed by atoms with Crippen LogP contribution in [0.4, 0.5) is 5.69 Å². The van der Waals surface area contributed by atoms with Gasteiger partial charge in [0.25, 0.3) is 5.91 Å². The van der Waals surface area contributed by atoms with Gasteiger partial charge in [-0.25, -0.2) is 0 Å². The fourth-order valence-electron chi connectivity index (χ4n) is 2.38. The van der Waals surface area contributed by atoms with E-state index in [0.29, 0.717) is 36.1 Å². The van der Waals surface area contributed by atoms with E-state index >= 15 is 0 Å². The van der Waals surface area contributed by atoms with Crippen molar-refractivity contribution in [3.05, 3.63) is 48.5 Å². The van der Waals surface area contributed by atoms with Gasteiger partial charge in [0.05, 0.1) is 0 Å². The minimum atomic E-state index is -0.277. The van der Waals surface area contributed by atoms with E-state index in [1.165, 1.54) is 0 Å². The zero-order valence-electron chi connectivity index (χ0n) is 14.2. The fourth-order valence-corrected chi connectivity index (χ4v) is 2.38. The summed E-state index contributed by atoms with van der Waals surface area (Å²) in [4.78, 5) is 23.7. The molecule has 0 bridgehead atoms. The predicted molar refractivity (Wildman–Crippen MR) is 95.6 cm³/mol. The molecule has 0 aliphatic carbocycles. The van der Waals surface area contributed by atoms with E-state index in [0.717, 1.165) is 0 Å². The Morgan fingerprint density at radius 2 is 1.73 bits per heavy atom. The van der Waals surface area contributed by atoms with E-state index in [4.69, 9.17) is 14.2 Å². The van der Waals surface area contributed by atoms with Gasteiger partial charge in [-0.1, -0.05) is 18.2 Å². The van der Waals surface area contributed by atoms with Crippen LogP contribution in [0.25, 0.3) is 0 Å². The van der Waals surface area contributed by atoms with Crippen LogP contribution in [0.2, 0.25) is 0 Å². The van der Waals surface area contributed by atoms with Gasteiger partial charge in [-0.15, -0.1) is 0 Å². The van der Waals surface area contributed by atoms with E-state index in [9.17, 15) is 9.59 Å². The molecule has 7 nitrogen and oxygen atoms in total. The van der Waals surface area contributed by atoms with Gasteiger partial charge in [0.1, 0.15) is 19.0 Å². The van der Waals surface area contributed by atoms with Gasteiger partial charge >= 0.3 is 0 Å². The van der Waals surface area contributed by atoms with Crippen LogP contribution < -0.4 is 24.8 Å². The summed E-state index contributed by atoms with van der Waals surface area (Å²) in [6, 6.07) is 14.3. The zero-order valence-corrected chi connectivity index (χ0v) is 14.2. The topological polar surface area (TPSA) is 85.9 Å². The van der Waals surface area contributed by atoms with Gasteiger partial charge in [-0.3, -0.25) is 9.59 Å². The lowest BCUT2D eigenvalue weighted by atomic mass is 10.2. The van der Waals surface area contributed by atoms with E-state index in [1.54, 1.807) is 30.3 Å². The molecule has 0 spiro atoms. The Balaban J connectivity index is 1.37. The van der Waals surface area contributed by atoms with Gasteiger partial charge in [-0.2, -0.15) is 0 Å². The highest BCUT2D eigenvalue weighted by Gasteiger charge is 2.13. The van der Waals surface area contributed by atoms with Gasteiger partial charge in [0, 0.05) is 24.7 Å². The molecule has 7 heteroatoms. The number of nitrogens with one attached hydrogen (secondary N) is 2. The largest absolute Gasteiger partial charge is 0.486 e. The number of para-hydroxylation sites is 1. The second-order valence-electron chi connectivity index (χ2n) is 5.61. The average molecular weight is 356 g/mol. The summed E-state index contributed by atoms with van der Waals surface area (Å²) in [5.41, 5.74) is 0.623. The van der Waals surface area contributed by atoms with E-state index in [-0.39, 0.29) is 31.4 Å². The maximum absolute atomic E-state index is 12.0. The summed E-state index contributed by atoms with van der Waals surface area (Å²) < 4.78 is 16.2. The molecule has 2 N–H and O–H groups in total. The molecule has 1 aliphatic rings. The van der Waals surface area contributed by atoms with Crippen LogP contribution in [-0.2, 0) is 9.59 Å². The number of ether oxygens (including phenoxy) is 3. The minimum absolute atomic E-state index is 0.0895. The molecular formula is C19H20N2O5. The summed E-state index contributed by atoms with van der Waals surface area (Å²) in [7, 11) is 0. The maximum Gasteiger partial charge on any atom is 0.257 e. The number of hydrogen-bond donors (Lipinski definition) is 2. The number of carbonyl (C=O) groups excluding carboxylic acids is 2. The first kappa shape index (κ1) is 17.6. The van der Waals surface area contributed by atoms with Crippen LogP contribution in [0, 0.1) is 0 Å². The Labute approximate surface area is 151 Å². The molecular weight excluding hydrogens is 336 g/mol. The second kappa shape index (κ2) is 8.75. The molecule has 0 saturated carbocycles. The summed E-state index contributed by atoms with van der Waals surface area (Å²) in [5.74, 6) is 1.42. The van der Waals surface area contributed by atoms with Crippen molar-refractivity contribution in [3.63, 3.8) is 0 Å². The average Bonchev–Trinajstić information content (AvgIpc) is 2.67. The predicted octanol–water partition coefficient (Wildman–Crippen LogP) is 1.98. The molecule has 1 aliphatic heterocycles. The SMILES string of the molecule is O=C(COc1ccccc1)NCCC(=O)Nc1ccc2c(c1)OCCO2. The molecule has 0 fully saturated rings. The number of hydrogen-bond acceptors (Lipinski definition) is 5. The lowest BCUT2D eigenvalue weighted by molar-refractivity contribution is -0.123. The molecule has 0 saturated heterocycles. The molecule has 0 aromatic heterocycles. The van der Waals surface area contributed by atoms with Crippen LogP contribution in [0.5, 0.6) is 17.2 Å². The minimum Gasteiger partial charge on any atom is -0.486 e. The standard InChI is InChI=1S/C19H20N2O5/c22-18(21-14-6-7-16-17(12-14)25-11-10-24-16)8-9-20-19(23)13-26-15-4-2-1-3-5-15/h1-7,12H,8-11,13H2,(H,20,23)(H,21,22). The molecule has 0 atom stereocenters. The molecule has 0 radical (unpaired) electrons. The lowest BCUT2D eigenvalue weighted by Gasteiger charge is -2.19. The smallest absolute Gasteiger partial charge is 0.257 e. The fraction of sp³-hybridized carbons (Fsp3) is 0.263. The van der Waals surface area contributed by atoms with Gasteiger partial charge in [-0.05, 0) is 24.3 Å². The van der Waals surface area contributed by atoms with Crippen LogP contribution in [0.1, 0.15) is 6.42 Å². The quantitative estimate of drug-likeness (QED) is 0.792. The van der Waals surface area contributed by atoms with Gasteiger partial charge in [0.2, 0.25) is 5.91 Å². The number of benzene rings is 2. The normalized spacial score (nSPS) is 12.2. The number of fused-ring (bicyclic) bond motifs is 1. The summed E-state index contributed by atoms with van der Waals surface area (Å²) >= 11 is 0. The van der Waals surface area contributed by atoms with E-state index in [1.807, 2.05) is 18.2 Å². The summed E-state index contributed by atoms with van der Waals surface area (Å²) in [5, 5.41) is 5.42. The number of anilines is 1. The van der Waals surface area contributed by atoms with Crippen molar-refractivity contribution in [2.24, 2.45) is 0 Å². The van der Waals surface area contributed by atoms with Crippen molar-refractivity contribution < 1.29 is 23.8 Å². The molecule has 26 heavy (non-hydrogen) atoms. The second-order valence-corrected chi connectivity index (χ2v) is 5.61. The summed E-state index contributed by atoms with van der Waals surface area (Å²) in [6.07, 6.45) is 0.158. The van der Waals surface area contributed by atoms with Crippen molar-refractivity contribution in [2.45, 2.75) is 6.42 Å². The molecule has 2 aromatic carbocycles. The number of rotatable bonds is 7. The van der Waals surface area contributed by atoms with Crippen LogP contribution in [0.3, 0.4) is 0 Å². The monoisotopic (exact) mass is 356 g/mol. The lowest BCUT2D eigenvalue weighted by Crippen LogP contribution is -2.31. The van der Waals surface area contributed by atoms with Crippen molar-refractivity contribution >= 4 is 17.5 Å². The van der Waals surface area contributed by atoms with Crippen molar-refractivity contribution in [3.8, 4) is 17.2 Å². The molecule has 3 rings (SSSR count). The van der Waals surface area contributed by atoms with Crippen LogP contribution in [-0.4, -0.2) is 38.2 Å². The van der Waals surface area contributed by atoms with E-state index in [2.05, 4.69) is 10.6 Å². The zero-order chi connectivity index (χ0) is 18.2. The third-order valence-electron chi connectivity index (χ3n) is 3.61. The van der Waals surface area contributed by atoms with Gasteiger partial charge < -0.3 is 24.8 Å². The third-order valence-corrected chi connectivity index (χ3v) is 3.61. The van der Waals surface area contributed by atoms with Crippen LogP contribution >= 0.6 is 0 Å². The first-order chi connectivity index (χ1) is 12.7. The summed E-state index contributed by atoms with van der Waals surface area (Å²) in [6.45, 7) is 1.15. The highest BCUT2D eigenvalue weighted by molar-refractivity contribution is 5.91. The Bertz CT molecular complexity index is 764. The molecule has 1 heterocycles. The van der Waals surface area contributed by atoms with E-state index < -0.39 is 0 Å². The molecule has 2 amide bonds. The first-order valence-electron chi connectivity index (χ1n) is 8.35. The van der Waals surface area contributed by atoms with Gasteiger partial charge in [0.15, 0.2) is 18.1 Å². The Morgan fingerprint density at radius 1 is 0.962 bits per heavy atom. The Kier molecular flexibility index (Phi) is 5.92. The third kappa shape index (κ3) is 5.14. The Morgan fingerprint density at radius 3 is 2.54 bits per heavy atom. The van der Waals surface area contributed by atoms with Crippen molar-refractivity contribution in [2.75, 3.05) is 31.7 Å². The number of amides is 2.